The molecule has 1 unspecified atom stereocenters. The van der Waals surface area contributed by atoms with Crippen molar-refractivity contribution < 1.29 is 9.59 Å². The summed E-state index contributed by atoms with van der Waals surface area (Å²) in [6, 6.07) is 11.7. The second-order valence-electron chi connectivity index (χ2n) is 7.32. The maximum absolute atomic E-state index is 13.1. The molecule has 0 bridgehead atoms. The van der Waals surface area contributed by atoms with Crippen LogP contribution in [-0.2, 0) is 16.0 Å². The molecule has 1 aromatic heterocycles. The topological polar surface area (TPSA) is 53.5 Å². The average molecular weight is 380 g/mol. The number of pyridine rings is 1. The molecule has 5 heteroatoms. The third kappa shape index (κ3) is 4.58. The van der Waals surface area contributed by atoms with Gasteiger partial charge in [0.15, 0.2) is 0 Å². The zero-order chi connectivity index (χ0) is 19.9. The molecule has 1 atom stereocenters. The molecule has 1 saturated heterocycles. The van der Waals surface area contributed by atoms with Crippen molar-refractivity contribution in [2.24, 2.45) is 0 Å². The number of piperazine rings is 1. The molecular formula is C23H29N3O2. The van der Waals surface area contributed by atoms with Gasteiger partial charge in [-0.05, 0) is 35.6 Å². The van der Waals surface area contributed by atoms with Crippen LogP contribution in [0.15, 0.2) is 48.8 Å². The van der Waals surface area contributed by atoms with Crippen LogP contribution in [-0.4, -0.2) is 52.3 Å². The summed E-state index contributed by atoms with van der Waals surface area (Å²) in [5, 5.41) is 0. The van der Waals surface area contributed by atoms with E-state index in [1.165, 1.54) is 0 Å². The molecule has 2 heterocycles. The monoisotopic (exact) mass is 379 g/mol. The van der Waals surface area contributed by atoms with Crippen LogP contribution in [0.4, 0.5) is 0 Å². The minimum Gasteiger partial charge on any atom is -0.339 e. The Morgan fingerprint density at radius 3 is 2.64 bits per heavy atom. The van der Waals surface area contributed by atoms with Gasteiger partial charge in [0.05, 0.1) is 0 Å². The van der Waals surface area contributed by atoms with Gasteiger partial charge in [-0.3, -0.25) is 14.6 Å². The van der Waals surface area contributed by atoms with Gasteiger partial charge in [0.1, 0.15) is 6.04 Å². The van der Waals surface area contributed by atoms with Crippen molar-refractivity contribution in [2.75, 3.05) is 19.6 Å². The minimum atomic E-state index is -0.413. The van der Waals surface area contributed by atoms with Crippen molar-refractivity contribution in [3.8, 4) is 11.1 Å². The summed E-state index contributed by atoms with van der Waals surface area (Å²) < 4.78 is 0. The minimum absolute atomic E-state index is 0.0735. The Kier molecular flexibility index (Phi) is 6.80. The lowest BCUT2D eigenvalue weighted by Gasteiger charge is -2.41. The van der Waals surface area contributed by atoms with Crippen LogP contribution in [0.5, 0.6) is 0 Å². The van der Waals surface area contributed by atoms with Crippen molar-refractivity contribution in [2.45, 2.75) is 45.6 Å². The van der Waals surface area contributed by atoms with E-state index in [0.717, 1.165) is 36.1 Å². The van der Waals surface area contributed by atoms with E-state index in [0.29, 0.717) is 25.9 Å². The average Bonchev–Trinajstić information content (AvgIpc) is 2.72. The first-order valence-corrected chi connectivity index (χ1v) is 10.2. The molecule has 0 N–H and O–H groups in total. The molecule has 3 rings (SSSR count). The lowest BCUT2D eigenvalue weighted by atomic mass is 9.97. The van der Waals surface area contributed by atoms with Gasteiger partial charge in [0, 0.05) is 44.9 Å². The van der Waals surface area contributed by atoms with E-state index >= 15 is 0 Å². The summed E-state index contributed by atoms with van der Waals surface area (Å²) >= 11 is 0. The molecule has 5 nitrogen and oxygen atoms in total. The van der Waals surface area contributed by atoms with Crippen molar-refractivity contribution in [1.82, 2.24) is 14.8 Å². The molecule has 0 spiro atoms. The molecule has 2 aromatic rings. The molecule has 148 valence electrons. The van der Waals surface area contributed by atoms with Crippen LogP contribution >= 0.6 is 0 Å². The van der Waals surface area contributed by atoms with E-state index in [2.05, 4.69) is 18.0 Å². The first kappa shape index (κ1) is 20.1. The van der Waals surface area contributed by atoms with Crippen molar-refractivity contribution >= 4 is 11.8 Å². The number of aromatic nitrogens is 1. The quantitative estimate of drug-likeness (QED) is 0.739. The normalized spacial score (nSPS) is 17.1. The predicted octanol–water partition coefficient (Wildman–Crippen LogP) is 3.54. The highest BCUT2D eigenvalue weighted by molar-refractivity contribution is 5.89. The predicted molar refractivity (Wildman–Crippen MR) is 111 cm³/mol. The van der Waals surface area contributed by atoms with Gasteiger partial charge in [-0.25, -0.2) is 0 Å². The summed E-state index contributed by atoms with van der Waals surface area (Å²) in [6.07, 6.45) is 6.36. The molecular weight excluding hydrogens is 350 g/mol. The zero-order valence-electron chi connectivity index (χ0n) is 16.8. The largest absolute Gasteiger partial charge is 0.339 e. The van der Waals surface area contributed by atoms with Gasteiger partial charge in [-0.2, -0.15) is 0 Å². The van der Waals surface area contributed by atoms with Crippen molar-refractivity contribution in [3.63, 3.8) is 0 Å². The SMILES string of the molecule is CCCC(=O)N1CCN(CCC)C(=O)C1Cc1cccc(-c2cccnc2)c1. The summed E-state index contributed by atoms with van der Waals surface area (Å²) in [6.45, 7) is 6.08. The molecule has 28 heavy (non-hydrogen) atoms. The fourth-order valence-electron chi connectivity index (χ4n) is 3.82. The van der Waals surface area contributed by atoms with Crippen LogP contribution in [0.3, 0.4) is 0 Å². The smallest absolute Gasteiger partial charge is 0.245 e. The maximum Gasteiger partial charge on any atom is 0.245 e. The molecule has 1 aliphatic heterocycles. The van der Waals surface area contributed by atoms with Crippen molar-refractivity contribution in [3.05, 3.63) is 54.4 Å². The number of nitrogens with zero attached hydrogens (tertiary/aromatic N) is 3. The van der Waals surface area contributed by atoms with E-state index in [-0.39, 0.29) is 11.8 Å². The Morgan fingerprint density at radius 1 is 1.11 bits per heavy atom. The highest BCUT2D eigenvalue weighted by Gasteiger charge is 2.36. The number of amides is 2. The van der Waals surface area contributed by atoms with Gasteiger partial charge in [-0.15, -0.1) is 0 Å². The second-order valence-corrected chi connectivity index (χ2v) is 7.32. The van der Waals surface area contributed by atoms with Gasteiger partial charge in [-0.1, -0.05) is 44.2 Å². The van der Waals surface area contributed by atoms with Crippen LogP contribution in [0.2, 0.25) is 0 Å². The number of carbonyl (C=O) groups is 2. The Bertz CT molecular complexity index is 807. The van der Waals surface area contributed by atoms with Gasteiger partial charge in [0.2, 0.25) is 11.8 Å². The molecule has 2 amide bonds. The van der Waals surface area contributed by atoms with Gasteiger partial charge >= 0.3 is 0 Å². The third-order valence-electron chi connectivity index (χ3n) is 5.21. The molecule has 0 aliphatic carbocycles. The summed E-state index contributed by atoms with van der Waals surface area (Å²) in [4.78, 5) is 33.7. The summed E-state index contributed by atoms with van der Waals surface area (Å²) in [5.74, 6) is 0.157. The summed E-state index contributed by atoms with van der Waals surface area (Å²) in [7, 11) is 0. The number of hydrogen-bond donors (Lipinski definition) is 0. The standard InChI is InChI=1S/C23H29N3O2/c1-3-7-22(27)26-14-13-25(12-4-2)23(28)21(26)16-18-8-5-9-19(15-18)20-10-6-11-24-17-20/h5-6,8-11,15,17,21H,3-4,7,12-14,16H2,1-2H3. The van der Waals surface area contributed by atoms with E-state index in [1.807, 2.05) is 48.4 Å². The van der Waals surface area contributed by atoms with E-state index < -0.39 is 6.04 Å². The van der Waals surface area contributed by atoms with Crippen LogP contribution in [0.25, 0.3) is 11.1 Å². The Hall–Kier alpha value is -2.69. The fraction of sp³-hybridized carbons (Fsp3) is 0.435. The number of hydrogen-bond acceptors (Lipinski definition) is 3. The zero-order valence-corrected chi connectivity index (χ0v) is 16.8. The Balaban J connectivity index is 1.85. The highest BCUT2D eigenvalue weighted by atomic mass is 16.2. The highest BCUT2D eigenvalue weighted by Crippen LogP contribution is 2.23. The molecule has 1 aromatic carbocycles. The molecule has 0 radical (unpaired) electrons. The molecule has 0 saturated carbocycles. The van der Waals surface area contributed by atoms with E-state index in [4.69, 9.17) is 0 Å². The second kappa shape index (κ2) is 9.49. The number of rotatable bonds is 7. The number of carbonyl (C=O) groups excluding carboxylic acids is 2. The molecule has 1 fully saturated rings. The Morgan fingerprint density at radius 2 is 1.93 bits per heavy atom. The van der Waals surface area contributed by atoms with Crippen molar-refractivity contribution in [1.29, 1.82) is 0 Å². The molecule has 1 aliphatic rings. The number of benzene rings is 1. The van der Waals surface area contributed by atoms with E-state index in [1.54, 1.807) is 11.1 Å². The van der Waals surface area contributed by atoms with Gasteiger partial charge in [0.25, 0.3) is 0 Å². The lowest BCUT2D eigenvalue weighted by molar-refractivity contribution is -0.151. The lowest BCUT2D eigenvalue weighted by Crippen LogP contribution is -2.59. The fourth-order valence-corrected chi connectivity index (χ4v) is 3.82. The van der Waals surface area contributed by atoms with Crippen LogP contribution in [0.1, 0.15) is 38.7 Å². The van der Waals surface area contributed by atoms with E-state index in [9.17, 15) is 9.59 Å². The van der Waals surface area contributed by atoms with Crippen LogP contribution < -0.4 is 0 Å². The maximum atomic E-state index is 13.1. The van der Waals surface area contributed by atoms with Gasteiger partial charge < -0.3 is 9.80 Å². The summed E-state index contributed by atoms with van der Waals surface area (Å²) in [5.41, 5.74) is 3.18. The van der Waals surface area contributed by atoms with Crippen LogP contribution in [0, 0.1) is 0 Å². The third-order valence-corrected chi connectivity index (χ3v) is 5.21. The first-order valence-electron chi connectivity index (χ1n) is 10.2. The first-order chi connectivity index (χ1) is 13.6. The Labute approximate surface area is 167 Å².